The van der Waals surface area contributed by atoms with Crippen LogP contribution in [0.15, 0.2) is 48.7 Å². The van der Waals surface area contributed by atoms with Gasteiger partial charge >= 0.3 is 6.03 Å². The fourth-order valence-electron chi connectivity index (χ4n) is 3.54. The second-order valence-corrected chi connectivity index (χ2v) is 6.52. The van der Waals surface area contributed by atoms with Crippen LogP contribution in [0, 0.1) is 0 Å². The van der Waals surface area contributed by atoms with Crippen molar-refractivity contribution in [2.24, 2.45) is 0 Å². The predicted octanol–water partition coefficient (Wildman–Crippen LogP) is 2.78. The molecule has 2 aliphatic heterocycles. The summed E-state index contributed by atoms with van der Waals surface area (Å²) in [5.74, 6) is 1.03. The van der Waals surface area contributed by atoms with E-state index in [4.69, 9.17) is 0 Å². The average molecular weight is 322 g/mol. The Morgan fingerprint density at radius 1 is 1.00 bits per heavy atom. The molecule has 24 heavy (non-hydrogen) atoms. The Morgan fingerprint density at radius 3 is 2.29 bits per heavy atom. The number of carbonyl (C=O) groups is 1. The molecule has 1 N–H and O–H groups in total. The minimum atomic E-state index is 0.0579. The summed E-state index contributed by atoms with van der Waals surface area (Å²) >= 11 is 0. The molecule has 5 nitrogen and oxygen atoms in total. The van der Waals surface area contributed by atoms with E-state index in [0.29, 0.717) is 0 Å². The van der Waals surface area contributed by atoms with Crippen LogP contribution in [0.5, 0.6) is 0 Å². The highest BCUT2D eigenvalue weighted by Gasteiger charge is 2.26. The van der Waals surface area contributed by atoms with Gasteiger partial charge in [0.1, 0.15) is 5.82 Å². The molecule has 0 spiro atoms. The molecule has 4 rings (SSSR count). The van der Waals surface area contributed by atoms with Crippen molar-refractivity contribution in [3.05, 3.63) is 59.8 Å². The van der Waals surface area contributed by atoms with Crippen molar-refractivity contribution in [3.8, 4) is 0 Å². The minimum Gasteiger partial charge on any atom is -0.356 e. The highest BCUT2D eigenvalue weighted by molar-refractivity contribution is 5.75. The van der Waals surface area contributed by atoms with Crippen molar-refractivity contribution in [1.29, 1.82) is 0 Å². The van der Waals surface area contributed by atoms with Gasteiger partial charge in [0.15, 0.2) is 0 Å². The SMILES string of the molecule is O=C(NC1CCN(c2ccccn2)CC1)N1Cc2ccccc2C1. The highest BCUT2D eigenvalue weighted by Crippen LogP contribution is 2.23. The number of benzene rings is 1. The molecule has 124 valence electrons. The van der Waals surface area contributed by atoms with E-state index in [1.807, 2.05) is 41.4 Å². The maximum Gasteiger partial charge on any atom is 0.318 e. The van der Waals surface area contributed by atoms with E-state index in [1.54, 1.807) is 0 Å². The fraction of sp³-hybridized carbons (Fsp3) is 0.368. The molecule has 1 fully saturated rings. The lowest BCUT2D eigenvalue weighted by Gasteiger charge is -2.33. The lowest BCUT2D eigenvalue weighted by atomic mass is 10.1. The van der Waals surface area contributed by atoms with E-state index >= 15 is 0 Å². The van der Waals surface area contributed by atoms with Crippen LogP contribution in [0.3, 0.4) is 0 Å². The number of nitrogens with zero attached hydrogens (tertiary/aromatic N) is 3. The topological polar surface area (TPSA) is 48.5 Å². The number of urea groups is 1. The molecule has 1 aromatic carbocycles. The monoisotopic (exact) mass is 322 g/mol. The maximum absolute atomic E-state index is 12.5. The van der Waals surface area contributed by atoms with Gasteiger partial charge in [0.2, 0.25) is 0 Å². The number of hydrogen-bond acceptors (Lipinski definition) is 3. The molecular formula is C19H22N4O. The van der Waals surface area contributed by atoms with Crippen LogP contribution in [-0.2, 0) is 13.1 Å². The normalized spacial score (nSPS) is 17.7. The first-order valence-electron chi connectivity index (χ1n) is 8.58. The Morgan fingerprint density at radius 2 is 1.67 bits per heavy atom. The summed E-state index contributed by atoms with van der Waals surface area (Å²) in [6.07, 6.45) is 3.75. The van der Waals surface area contributed by atoms with Crippen LogP contribution in [0.2, 0.25) is 0 Å². The fourth-order valence-corrected chi connectivity index (χ4v) is 3.54. The molecule has 0 bridgehead atoms. The van der Waals surface area contributed by atoms with E-state index in [-0.39, 0.29) is 12.1 Å². The van der Waals surface area contributed by atoms with E-state index in [9.17, 15) is 4.79 Å². The molecule has 3 heterocycles. The summed E-state index contributed by atoms with van der Waals surface area (Å²) in [5, 5.41) is 3.21. The molecule has 2 aromatic rings. The van der Waals surface area contributed by atoms with Crippen molar-refractivity contribution in [3.63, 3.8) is 0 Å². The van der Waals surface area contributed by atoms with Crippen molar-refractivity contribution in [1.82, 2.24) is 15.2 Å². The zero-order valence-corrected chi connectivity index (χ0v) is 13.7. The molecule has 0 saturated carbocycles. The number of carbonyl (C=O) groups excluding carboxylic acids is 1. The Balaban J connectivity index is 1.29. The Kier molecular flexibility index (Phi) is 4.07. The summed E-state index contributed by atoms with van der Waals surface area (Å²) in [6.45, 7) is 3.30. The van der Waals surface area contributed by atoms with Gasteiger partial charge in [-0.25, -0.2) is 9.78 Å². The van der Waals surface area contributed by atoms with Crippen molar-refractivity contribution < 1.29 is 4.79 Å². The number of amides is 2. The van der Waals surface area contributed by atoms with E-state index in [0.717, 1.165) is 44.8 Å². The van der Waals surface area contributed by atoms with E-state index in [2.05, 4.69) is 27.3 Å². The second kappa shape index (κ2) is 6.51. The number of hydrogen-bond donors (Lipinski definition) is 1. The van der Waals surface area contributed by atoms with Crippen LogP contribution in [-0.4, -0.2) is 35.0 Å². The Bertz CT molecular complexity index is 685. The van der Waals surface area contributed by atoms with E-state index < -0.39 is 0 Å². The number of rotatable bonds is 2. The van der Waals surface area contributed by atoms with Crippen LogP contribution in [0.4, 0.5) is 10.6 Å². The van der Waals surface area contributed by atoms with Gasteiger partial charge in [0.05, 0.1) is 0 Å². The Hall–Kier alpha value is -2.56. The number of nitrogens with one attached hydrogen (secondary N) is 1. The molecule has 0 unspecified atom stereocenters. The van der Waals surface area contributed by atoms with E-state index in [1.165, 1.54) is 11.1 Å². The maximum atomic E-state index is 12.5. The summed E-state index contributed by atoms with van der Waals surface area (Å²) in [6, 6.07) is 14.6. The first kappa shape index (κ1) is 15.0. The van der Waals surface area contributed by atoms with Crippen molar-refractivity contribution in [2.75, 3.05) is 18.0 Å². The number of pyridine rings is 1. The molecule has 1 saturated heterocycles. The number of anilines is 1. The quantitative estimate of drug-likeness (QED) is 0.925. The molecule has 0 atom stereocenters. The standard InChI is InChI=1S/C19H22N4O/c24-19(23-13-15-5-1-2-6-16(15)14-23)21-17-8-11-22(12-9-17)18-7-3-4-10-20-18/h1-7,10,17H,8-9,11-14H2,(H,21,24). The molecule has 0 radical (unpaired) electrons. The first-order chi connectivity index (χ1) is 11.8. The van der Waals surface area contributed by atoms with Crippen LogP contribution in [0.25, 0.3) is 0 Å². The molecule has 0 aliphatic carbocycles. The van der Waals surface area contributed by atoms with Gasteiger partial charge in [-0.1, -0.05) is 30.3 Å². The molecule has 2 aliphatic rings. The van der Waals surface area contributed by atoms with Crippen LogP contribution >= 0.6 is 0 Å². The van der Waals surface area contributed by atoms with Crippen molar-refractivity contribution >= 4 is 11.8 Å². The molecule has 5 heteroatoms. The van der Waals surface area contributed by atoms with Crippen LogP contribution < -0.4 is 10.2 Å². The summed E-state index contributed by atoms with van der Waals surface area (Å²) in [7, 11) is 0. The highest BCUT2D eigenvalue weighted by atomic mass is 16.2. The minimum absolute atomic E-state index is 0.0579. The molecule has 1 aromatic heterocycles. The zero-order chi connectivity index (χ0) is 16.4. The largest absolute Gasteiger partial charge is 0.356 e. The smallest absolute Gasteiger partial charge is 0.318 e. The Labute approximate surface area is 142 Å². The summed E-state index contributed by atoms with van der Waals surface area (Å²) < 4.78 is 0. The van der Waals surface area contributed by atoms with Gasteiger partial charge in [0, 0.05) is 38.4 Å². The zero-order valence-electron chi connectivity index (χ0n) is 13.7. The van der Waals surface area contributed by atoms with Gasteiger partial charge < -0.3 is 15.1 Å². The van der Waals surface area contributed by atoms with Gasteiger partial charge in [-0.2, -0.15) is 0 Å². The van der Waals surface area contributed by atoms with Gasteiger partial charge in [-0.05, 0) is 36.1 Å². The summed E-state index contributed by atoms with van der Waals surface area (Å²) in [4.78, 5) is 21.1. The van der Waals surface area contributed by atoms with Crippen LogP contribution in [0.1, 0.15) is 24.0 Å². The third-order valence-electron chi connectivity index (χ3n) is 4.92. The van der Waals surface area contributed by atoms with Crippen molar-refractivity contribution in [2.45, 2.75) is 32.0 Å². The first-order valence-corrected chi connectivity index (χ1v) is 8.58. The molecule has 2 amide bonds. The third kappa shape index (κ3) is 3.07. The lowest BCUT2D eigenvalue weighted by Crippen LogP contribution is -2.48. The number of piperidine rings is 1. The van der Waals surface area contributed by atoms with Gasteiger partial charge in [-0.15, -0.1) is 0 Å². The van der Waals surface area contributed by atoms with Gasteiger partial charge in [-0.3, -0.25) is 0 Å². The summed E-state index contributed by atoms with van der Waals surface area (Å²) in [5.41, 5.74) is 2.52. The third-order valence-corrected chi connectivity index (χ3v) is 4.92. The average Bonchev–Trinajstić information content (AvgIpc) is 3.07. The second-order valence-electron chi connectivity index (χ2n) is 6.52. The predicted molar refractivity (Wildman–Crippen MR) is 93.7 cm³/mol. The lowest BCUT2D eigenvalue weighted by molar-refractivity contribution is 0.192. The number of fused-ring (bicyclic) bond motifs is 1. The number of aromatic nitrogens is 1. The molecular weight excluding hydrogens is 300 g/mol. The van der Waals surface area contributed by atoms with Gasteiger partial charge in [0.25, 0.3) is 0 Å².